The molecule has 1 aliphatic rings. The predicted octanol–water partition coefficient (Wildman–Crippen LogP) is 2.18. The standard InChI is InChI=1S/C15H33N3/c1-6-11-16-14-9-8-10-15(14)18(7-2)13(3)12-17(4)5/h13-16H,6-12H2,1-5H3. The van der Waals surface area contributed by atoms with E-state index in [0.717, 1.165) is 18.6 Å². The molecule has 0 bridgehead atoms. The Morgan fingerprint density at radius 1 is 1.22 bits per heavy atom. The molecule has 3 atom stereocenters. The van der Waals surface area contributed by atoms with Gasteiger partial charge in [0.2, 0.25) is 0 Å². The SMILES string of the molecule is CCCNC1CCCC1N(CC)C(C)CN(C)C. The number of likely N-dealkylation sites (N-methyl/N-ethyl adjacent to an activating group) is 2. The quantitative estimate of drug-likeness (QED) is 0.717. The Labute approximate surface area is 114 Å². The molecule has 3 heteroatoms. The van der Waals surface area contributed by atoms with Gasteiger partial charge >= 0.3 is 0 Å². The maximum Gasteiger partial charge on any atom is 0.0252 e. The normalized spacial score (nSPS) is 26.2. The lowest BCUT2D eigenvalue weighted by molar-refractivity contribution is 0.113. The van der Waals surface area contributed by atoms with Crippen molar-refractivity contribution in [1.29, 1.82) is 0 Å². The second-order valence-corrected chi connectivity index (χ2v) is 6.00. The molecule has 0 aliphatic heterocycles. The van der Waals surface area contributed by atoms with Gasteiger partial charge < -0.3 is 10.2 Å². The summed E-state index contributed by atoms with van der Waals surface area (Å²) in [5, 5.41) is 3.75. The first kappa shape index (κ1) is 15.9. The van der Waals surface area contributed by atoms with Crippen molar-refractivity contribution in [3.8, 4) is 0 Å². The number of rotatable bonds is 8. The van der Waals surface area contributed by atoms with Gasteiger partial charge in [-0.1, -0.05) is 20.3 Å². The van der Waals surface area contributed by atoms with Gasteiger partial charge in [0, 0.05) is 24.7 Å². The Morgan fingerprint density at radius 2 is 1.94 bits per heavy atom. The zero-order valence-corrected chi connectivity index (χ0v) is 13.1. The number of hydrogen-bond donors (Lipinski definition) is 1. The number of hydrogen-bond acceptors (Lipinski definition) is 3. The van der Waals surface area contributed by atoms with Crippen LogP contribution in [0.2, 0.25) is 0 Å². The molecular weight excluding hydrogens is 222 g/mol. The van der Waals surface area contributed by atoms with E-state index in [1.165, 1.54) is 38.8 Å². The summed E-state index contributed by atoms with van der Waals surface area (Å²) in [5.41, 5.74) is 0. The zero-order chi connectivity index (χ0) is 13.5. The molecule has 18 heavy (non-hydrogen) atoms. The molecule has 1 rings (SSSR count). The molecule has 0 radical (unpaired) electrons. The molecule has 0 aromatic heterocycles. The van der Waals surface area contributed by atoms with E-state index in [-0.39, 0.29) is 0 Å². The van der Waals surface area contributed by atoms with Crippen LogP contribution in [-0.4, -0.2) is 61.7 Å². The third-order valence-corrected chi connectivity index (χ3v) is 4.12. The summed E-state index contributed by atoms with van der Waals surface area (Å²) in [7, 11) is 4.34. The summed E-state index contributed by atoms with van der Waals surface area (Å²) in [4.78, 5) is 5.01. The van der Waals surface area contributed by atoms with Crippen molar-refractivity contribution in [2.75, 3.05) is 33.7 Å². The molecule has 1 fully saturated rings. The Hall–Kier alpha value is -0.120. The average Bonchev–Trinajstić information content (AvgIpc) is 2.74. The third-order valence-electron chi connectivity index (χ3n) is 4.12. The molecule has 1 saturated carbocycles. The molecule has 0 amide bonds. The fourth-order valence-corrected chi connectivity index (χ4v) is 3.41. The van der Waals surface area contributed by atoms with Gasteiger partial charge in [0.1, 0.15) is 0 Å². The number of nitrogens with one attached hydrogen (secondary N) is 1. The minimum absolute atomic E-state index is 0.652. The minimum Gasteiger partial charge on any atom is -0.312 e. The third kappa shape index (κ3) is 4.52. The van der Waals surface area contributed by atoms with Gasteiger partial charge in [-0.3, -0.25) is 4.90 Å². The van der Waals surface area contributed by atoms with E-state index >= 15 is 0 Å². The molecule has 0 aromatic carbocycles. The van der Waals surface area contributed by atoms with E-state index in [9.17, 15) is 0 Å². The average molecular weight is 255 g/mol. The van der Waals surface area contributed by atoms with Crippen LogP contribution in [-0.2, 0) is 0 Å². The molecule has 3 unspecified atom stereocenters. The van der Waals surface area contributed by atoms with Gasteiger partial charge in [-0.05, 0) is 53.4 Å². The second kappa shape index (κ2) is 8.13. The molecule has 0 saturated heterocycles. The van der Waals surface area contributed by atoms with Gasteiger partial charge in [0.05, 0.1) is 0 Å². The first-order chi connectivity index (χ1) is 8.60. The highest BCUT2D eigenvalue weighted by Gasteiger charge is 2.33. The fourth-order valence-electron chi connectivity index (χ4n) is 3.41. The summed E-state index contributed by atoms with van der Waals surface area (Å²) in [6.07, 6.45) is 5.35. The maximum absolute atomic E-state index is 3.75. The van der Waals surface area contributed by atoms with Crippen molar-refractivity contribution < 1.29 is 0 Å². The van der Waals surface area contributed by atoms with Crippen LogP contribution in [0.1, 0.15) is 46.5 Å². The Balaban J connectivity index is 2.56. The van der Waals surface area contributed by atoms with Crippen molar-refractivity contribution in [1.82, 2.24) is 15.1 Å². The summed E-state index contributed by atoms with van der Waals surface area (Å²) < 4.78 is 0. The van der Waals surface area contributed by atoms with Crippen LogP contribution >= 0.6 is 0 Å². The van der Waals surface area contributed by atoms with Crippen LogP contribution < -0.4 is 5.32 Å². The maximum atomic E-state index is 3.75. The highest BCUT2D eigenvalue weighted by atomic mass is 15.2. The van der Waals surface area contributed by atoms with Crippen molar-refractivity contribution in [2.24, 2.45) is 0 Å². The Morgan fingerprint density at radius 3 is 2.50 bits per heavy atom. The smallest absolute Gasteiger partial charge is 0.0252 e. The van der Waals surface area contributed by atoms with E-state index in [1.54, 1.807) is 0 Å². The van der Waals surface area contributed by atoms with Crippen molar-refractivity contribution in [3.05, 3.63) is 0 Å². The van der Waals surface area contributed by atoms with Gasteiger partial charge in [0.15, 0.2) is 0 Å². The summed E-state index contributed by atoms with van der Waals surface area (Å²) in [5.74, 6) is 0. The predicted molar refractivity (Wildman–Crippen MR) is 80.1 cm³/mol. The number of nitrogens with zero attached hydrogens (tertiary/aromatic N) is 2. The van der Waals surface area contributed by atoms with Gasteiger partial charge in [-0.25, -0.2) is 0 Å². The van der Waals surface area contributed by atoms with E-state index in [0.29, 0.717) is 6.04 Å². The van der Waals surface area contributed by atoms with Crippen LogP contribution in [0.3, 0.4) is 0 Å². The molecule has 1 N–H and O–H groups in total. The van der Waals surface area contributed by atoms with Crippen LogP contribution in [0.4, 0.5) is 0 Å². The first-order valence-corrected chi connectivity index (χ1v) is 7.74. The Bertz CT molecular complexity index is 218. The summed E-state index contributed by atoms with van der Waals surface area (Å²) >= 11 is 0. The van der Waals surface area contributed by atoms with Crippen LogP contribution in [0.25, 0.3) is 0 Å². The van der Waals surface area contributed by atoms with Crippen molar-refractivity contribution in [3.63, 3.8) is 0 Å². The van der Waals surface area contributed by atoms with Gasteiger partial charge in [0.25, 0.3) is 0 Å². The minimum atomic E-state index is 0.652. The van der Waals surface area contributed by atoms with Crippen LogP contribution in [0, 0.1) is 0 Å². The molecule has 0 heterocycles. The van der Waals surface area contributed by atoms with E-state index in [4.69, 9.17) is 0 Å². The highest BCUT2D eigenvalue weighted by molar-refractivity contribution is 4.92. The van der Waals surface area contributed by atoms with Gasteiger partial charge in [-0.2, -0.15) is 0 Å². The molecule has 1 aliphatic carbocycles. The first-order valence-electron chi connectivity index (χ1n) is 7.74. The lowest BCUT2D eigenvalue weighted by atomic mass is 10.1. The van der Waals surface area contributed by atoms with Crippen molar-refractivity contribution in [2.45, 2.75) is 64.6 Å². The zero-order valence-electron chi connectivity index (χ0n) is 13.1. The molecule has 0 spiro atoms. The Kier molecular flexibility index (Phi) is 7.20. The van der Waals surface area contributed by atoms with Crippen LogP contribution in [0.5, 0.6) is 0 Å². The fraction of sp³-hybridized carbons (Fsp3) is 1.00. The molecule has 3 nitrogen and oxygen atoms in total. The van der Waals surface area contributed by atoms with Crippen LogP contribution in [0.15, 0.2) is 0 Å². The van der Waals surface area contributed by atoms with Crippen molar-refractivity contribution >= 4 is 0 Å². The van der Waals surface area contributed by atoms with E-state index < -0.39 is 0 Å². The lowest BCUT2D eigenvalue weighted by Crippen LogP contribution is -2.52. The highest BCUT2D eigenvalue weighted by Crippen LogP contribution is 2.26. The monoisotopic (exact) mass is 255 g/mol. The van der Waals surface area contributed by atoms with E-state index in [1.807, 2.05) is 0 Å². The van der Waals surface area contributed by atoms with Gasteiger partial charge in [-0.15, -0.1) is 0 Å². The topological polar surface area (TPSA) is 18.5 Å². The summed E-state index contributed by atoms with van der Waals surface area (Å²) in [6.45, 7) is 10.4. The molecule has 0 aromatic rings. The van der Waals surface area contributed by atoms with E-state index in [2.05, 4.69) is 50.0 Å². The second-order valence-electron chi connectivity index (χ2n) is 6.00. The molecular formula is C15H33N3. The lowest BCUT2D eigenvalue weighted by Gasteiger charge is -2.38. The summed E-state index contributed by atoms with van der Waals surface area (Å²) in [6, 6.07) is 2.12. The molecule has 108 valence electrons. The largest absolute Gasteiger partial charge is 0.312 e.